The molecule has 0 fully saturated rings. The van der Waals surface area contributed by atoms with Crippen molar-refractivity contribution in [3.05, 3.63) is 27.7 Å². The molecule has 0 saturated heterocycles. The molecule has 0 amide bonds. The van der Waals surface area contributed by atoms with Gasteiger partial charge in [-0.3, -0.25) is 4.68 Å². The molecule has 0 spiro atoms. The third-order valence-corrected chi connectivity index (χ3v) is 2.02. The molecule has 0 aliphatic heterocycles. The van der Waals surface area contributed by atoms with Crippen molar-refractivity contribution >= 4 is 22.6 Å². The lowest BCUT2D eigenvalue weighted by molar-refractivity contribution is 0.444. The first-order valence-electron chi connectivity index (χ1n) is 3.71. The summed E-state index contributed by atoms with van der Waals surface area (Å²) in [6.45, 7) is 2.30. The van der Waals surface area contributed by atoms with Crippen molar-refractivity contribution in [1.82, 2.24) is 20.0 Å². The topological polar surface area (TPSA) is 56.7 Å². The molecule has 0 aliphatic carbocycles. The molecule has 2 aromatic rings. The standard InChI is InChI=1S/C7H7IN4O/c1-5-10-11-7(13-5)4-12-3-6(8)2-9-12/h2-3H,4H2,1H3. The van der Waals surface area contributed by atoms with E-state index in [1.807, 2.05) is 6.20 Å². The van der Waals surface area contributed by atoms with E-state index in [1.54, 1.807) is 17.8 Å². The zero-order valence-electron chi connectivity index (χ0n) is 6.94. The van der Waals surface area contributed by atoms with Crippen LogP contribution in [0.25, 0.3) is 0 Å². The third-order valence-electron chi connectivity index (χ3n) is 1.47. The van der Waals surface area contributed by atoms with Gasteiger partial charge in [0.2, 0.25) is 11.8 Å². The number of halogens is 1. The lowest BCUT2D eigenvalue weighted by Crippen LogP contribution is -1.99. The highest BCUT2D eigenvalue weighted by Gasteiger charge is 2.03. The van der Waals surface area contributed by atoms with Crippen molar-refractivity contribution in [2.75, 3.05) is 0 Å². The first-order chi connectivity index (χ1) is 6.24. The zero-order chi connectivity index (χ0) is 9.26. The van der Waals surface area contributed by atoms with Gasteiger partial charge in [0.1, 0.15) is 6.54 Å². The monoisotopic (exact) mass is 290 g/mol. The van der Waals surface area contributed by atoms with Gasteiger partial charge in [0.05, 0.1) is 9.77 Å². The Morgan fingerprint density at radius 1 is 1.54 bits per heavy atom. The number of rotatable bonds is 2. The number of hydrogen-bond acceptors (Lipinski definition) is 4. The Bertz CT molecular complexity index is 370. The molecule has 2 rings (SSSR count). The number of aromatic nitrogens is 4. The summed E-state index contributed by atoms with van der Waals surface area (Å²) in [5.74, 6) is 1.16. The van der Waals surface area contributed by atoms with Crippen molar-refractivity contribution in [2.45, 2.75) is 13.5 Å². The lowest BCUT2D eigenvalue weighted by Gasteiger charge is -1.93. The maximum absolute atomic E-state index is 5.21. The number of nitrogens with zero attached hydrogens (tertiary/aromatic N) is 4. The molecule has 2 aromatic heterocycles. The van der Waals surface area contributed by atoms with Crippen LogP contribution >= 0.6 is 22.6 Å². The van der Waals surface area contributed by atoms with E-state index < -0.39 is 0 Å². The van der Waals surface area contributed by atoms with Crippen LogP contribution in [-0.2, 0) is 6.54 Å². The van der Waals surface area contributed by atoms with Gasteiger partial charge in [0.15, 0.2) is 0 Å². The van der Waals surface area contributed by atoms with Crippen molar-refractivity contribution in [1.29, 1.82) is 0 Å². The van der Waals surface area contributed by atoms with Crippen LogP contribution in [0.4, 0.5) is 0 Å². The molecule has 6 heteroatoms. The van der Waals surface area contributed by atoms with Crippen LogP contribution in [0.1, 0.15) is 11.8 Å². The van der Waals surface area contributed by atoms with E-state index in [9.17, 15) is 0 Å². The highest BCUT2D eigenvalue weighted by Crippen LogP contribution is 2.04. The third kappa shape index (κ3) is 2.06. The van der Waals surface area contributed by atoms with E-state index in [1.165, 1.54) is 0 Å². The first-order valence-corrected chi connectivity index (χ1v) is 4.79. The van der Waals surface area contributed by atoms with Crippen LogP contribution in [0, 0.1) is 10.5 Å². The predicted octanol–water partition coefficient (Wildman–Crippen LogP) is 1.23. The molecule has 0 atom stereocenters. The lowest BCUT2D eigenvalue weighted by atomic mass is 10.6. The Balaban J connectivity index is 2.14. The van der Waals surface area contributed by atoms with Gasteiger partial charge in [-0.05, 0) is 22.6 Å². The van der Waals surface area contributed by atoms with Gasteiger partial charge in [-0.25, -0.2) is 0 Å². The van der Waals surface area contributed by atoms with Gasteiger partial charge in [-0.1, -0.05) is 0 Å². The Morgan fingerprint density at radius 2 is 2.38 bits per heavy atom. The van der Waals surface area contributed by atoms with Crippen molar-refractivity contribution in [3.63, 3.8) is 0 Å². The highest BCUT2D eigenvalue weighted by atomic mass is 127. The second kappa shape index (κ2) is 3.44. The molecular weight excluding hydrogens is 283 g/mol. The molecule has 0 radical (unpaired) electrons. The molecule has 13 heavy (non-hydrogen) atoms. The maximum Gasteiger partial charge on any atom is 0.237 e. The summed E-state index contributed by atoms with van der Waals surface area (Å²) < 4.78 is 8.06. The zero-order valence-corrected chi connectivity index (χ0v) is 9.09. The van der Waals surface area contributed by atoms with E-state index in [0.717, 1.165) is 3.57 Å². The van der Waals surface area contributed by atoms with Gasteiger partial charge in [0.25, 0.3) is 0 Å². The molecule has 0 unspecified atom stereocenters. The minimum atomic E-state index is 0.532. The largest absolute Gasteiger partial charge is 0.424 e. The Kier molecular flexibility index (Phi) is 2.30. The average molecular weight is 290 g/mol. The summed E-state index contributed by atoms with van der Waals surface area (Å²) in [6, 6.07) is 0. The van der Waals surface area contributed by atoms with Crippen LogP contribution in [0.15, 0.2) is 16.8 Å². The van der Waals surface area contributed by atoms with E-state index in [0.29, 0.717) is 18.3 Å². The predicted molar refractivity (Wildman–Crippen MR) is 53.1 cm³/mol. The van der Waals surface area contributed by atoms with E-state index in [4.69, 9.17) is 4.42 Å². The fourth-order valence-corrected chi connectivity index (χ4v) is 1.41. The smallest absolute Gasteiger partial charge is 0.237 e. The van der Waals surface area contributed by atoms with Crippen LogP contribution in [0.3, 0.4) is 0 Å². The Labute approximate surface area is 88.3 Å². The van der Waals surface area contributed by atoms with Crippen molar-refractivity contribution < 1.29 is 4.42 Å². The van der Waals surface area contributed by atoms with E-state index in [2.05, 4.69) is 37.9 Å². The molecule has 0 N–H and O–H groups in total. The highest BCUT2D eigenvalue weighted by molar-refractivity contribution is 14.1. The van der Waals surface area contributed by atoms with E-state index in [-0.39, 0.29) is 0 Å². The Morgan fingerprint density at radius 3 is 2.92 bits per heavy atom. The second-order valence-corrected chi connectivity index (χ2v) is 3.82. The molecule has 0 saturated carbocycles. The summed E-state index contributed by atoms with van der Waals surface area (Å²) in [5, 5.41) is 11.7. The van der Waals surface area contributed by atoms with Crippen molar-refractivity contribution in [3.8, 4) is 0 Å². The summed E-state index contributed by atoms with van der Waals surface area (Å²) in [4.78, 5) is 0. The molecular formula is C7H7IN4O. The van der Waals surface area contributed by atoms with Gasteiger partial charge in [-0.15, -0.1) is 10.2 Å². The molecule has 0 bridgehead atoms. The fourth-order valence-electron chi connectivity index (χ4n) is 0.965. The van der Waals surface area contributed by atoms with Gasteiger partial charge in [0, 0.05) is 13.1 Å². The second-order valence-electron chi connectivity index (χ2n) is 2.57. The minimum absolute atomic E-state index is 0.532. The van der Waals surface area contributed by atoms with Crippen LogP contribution in [0.5, 0.6) is 0 Å². The SMILES string of the molecule is Cc1nnc(Cn2cc(I)cn2)o1. The van der Waals surface area contributed by atoms with Gasteiger partial charge < -0.3 is 4.42 Å². The fraction of sp³-hybridized carbons (Fsp3) is 0.286. The maximum atomic E-state index is 5.21. The first kappa shape index (κ1) is 8.67. The molecule has 0 aromatic carbocycles. The number of hydrogen-bond donors (Lipinski definition) is 0. The summed E-state index contributed by atoms with van der Waals surface area (Å²) in [6.07, 6.45) is 3.70. The van der Waals surface area contributed by atoms with Gasteiger partial charge in [-0.2, -0.15) is 5.10 Å². The normalized spacial score (nSPS) is 10.6. The van der Waals surface area contributed by atoms with Crippen LogP contribution < -0.4 is 0 Å². The summed E-state index contributed by atoms with van der Waals surface area (Å²) >= 11 is 2.20. The Hall–Kier alpha value is -0.920. The molecule has 68 valence electrons. The van der Waals surface area contributed by atoms with Crippen LogP contribution in [-0.4, -0.2) is 20.0 Å². The van der Waals surface area contributed by atoms with Crippen molar-refractivity contribution in [2.24, 2.45) is 0 Å². The summed E-state index contributed by atoms with van der Waals surface area (Å²) in [5.41, 5.74) is 0. The molecule has 5 nitrogen and oxygen atoms in total. The van der Waals surface area contributed by atoms with Gasteiger partial charge >= 0.3 is 0 Å². The minimum Gasteiger partial charge on any atom is -0.424 e. The van der Waals surface area contributed by atoms with Crippen LogP contribution in [0.2, 0.25) is 0 Å². The molecule has 2 heterocycles. The average Bonchev–Trinajstić information content (AvgIpc) is 2.62. The van der Waals surface area contributed by atoms with E-state index >= 15 is 0 Å². The number of aryl methyl sites for hydroxylation is 1. The quantitative estimate of drug-likeness (QED) is 0.781. The molecule has 0 aliphatic rings. The summed E-state index contributed by atoms with van der Waals surface area (Å²) in [7, 11) is 0.